The third-order valence-electron chi connectivity index (χ3n) is 3.80. The predicted octanol–water partition coefficient (Wildman–Crippen LogP) is 0.0139. The quantitative estimate of drug-likeness (QED) is 0.808. The summed E-state index contributed by atoms with van der Waals surface area (Å²) in [5.74, 6) is 1.62. The number of nitrogen functional groups attached to an aromatic ring is 1. The van der Waals surface area contributed by atoms with Crippen LogP contribution in [-0.2, 0) is 4.74 Å². The van der Waals surface area contributed by atoms with Crippen molar-refractivity contribution in [1.29, 1.82) is 0 Å². The number of nitrogens with two attached hydrogens (primary N) is 1. The first kappa shape index (κ1) is 12.5. The number of anilines is 2. The minimum Gasteiger partial charge on any atom is -0.376 e. The lowest BCUT2D eigenvalue weighted by Crippen LogP contribution is -2.32. The number of nitrogens with zero attached hydrogens (tertiary/aromatic N) is 6. The second kappa shape index (κ2) is 4.92. The van der Waals surface area contributed by atoms with Crippen molar-refractivity contribution in [1.82, 2.24) is 29.7 Å². The van der Waals surface area contributed by atoms with E-state index >= 15 is 0 Å². The zero-order valence-electron chi connectivity index (χ0n) is 11.4. The molecule has 0 aromatic carbocycles. The Kier molecular flexibility index (Phi) is 2.92. The number of hydrogen-bond donors (Lipinski definition) is 2. The number of nitrogens with one attached hydrogen (secondary N) is 1. The molecule has 9 nitrogen and oxygen atoms in total. The summed E-state index contributed by atoms with van der Waals surface area (Å²) in [5.41, 5.74) is 5.75. The molecule has 0 radical (unpaired) electrons. The number of ether oxygens (including phenoxy) is 1. The molecule has 2 fully saturated rings. The molecule has 3 N–H and O–H groups in total. The Hall–Kier alpha value is -2.29. The maximum absolute atomic E-state index is 5.80. The molecule has 2 atom stereocenters. The second-order valence-electron chi connectivity index (χ2n) is 5.37. The van der Waals surface area contributed by atoms with Crippen LogP contribution < -0.4 is 11.1 Å². The van der Waals surface area contributed by atoms with E-state index in [1.807, 2.05) is 0 Å². The smallest absolute Gasteiger partial charge is 0.258 e. The van der Waals surface area contributed by atoms with Crippen molar-refractivity contribution in [3.05, 3.63) is 12.7 Å². The van der Waals surface area contributed by atoms with Crippen molar-refractivity contribution in [2.45, 2.75) is 31.4 Å². The first-order chi connectivity index (χ1) is 10.3. The minimum absolute atomic E-state index is 0.153. The molecule has 4 rings (SSSR count). The lowest BCUT2D eigenvalue weighted by atomic mass is 10.1. The first-order valence-electron chi connectivity index (χ1n) is 7.04. The Balaban J connectivity index is 1.57. The zero-order valence-corrected chi connectivity index (χ0v) is 11.4. The highest BCUT2D eigenvalue weighted by atomic mass is 16.5. The van der Waals surface area contributed by atoms with E-state index < -0.39 is 0 Å². The summed E-state index contributed by atoms with van der Waals surface area (Å²) < 4.78 is 7.25. The van der Waals surface area contributed by atoms with Gasteiger partial charge in [0.15, 0.2) is 0 Å². The van der Waals surface area contributed by atoms with Crippen LogP contribution in [0.1, 0.15) is 19.3 Å². The van der Waals surface area contributed by atoms with Gasteiger partial charge in [0.25, 0.3) is 5.95 Å². The van der Waals surface area contributed by atoms with Gasteiger partial charge >= 0.3 is 0 Å². The van der Waals surface area contributed by atoms with Crippen molar-refractivity contribution in [3.8, 4) is 5.95 Å². The molecule has 1 aliphatic carbocycles. The highest BCUT2D eigenvalue weighted by Crippen LogP contribution is 2.39. The molecule has 0 spiro atoms. The molecular formula is C12H16N8O. The van der Waals surface area contributed by atoms with E-state index in [1.54, 1.807) is 0 Å². The summed E-state index contributed by atoms with van der Waals surface area (Å²) in [6.45, 7) is 0.773. The fourth-order valence-electron chi connectivity index (χ4n) is 2.68. The molecule has 2 aliphatic rings. The molecule has 0 bridgehead atoms. The maximum atomic E-state index is 5.80. The molecule has 2 unspecified atom stereocenters. The predicted molar refractivity (Wildman–Crippen MR) is 73.6 cm³/mol. The molecule has 0 amide bonds. The van der Waals surface area contributed by atoms with E-state index in [1.165, 1.54) is 30.2 Å². The van der Waals surface area contributed by atoms with Gasteiger partial charge in [-0.05, 0) is 25.2 Å². The Labute approximate surface area is 121 Å². The van der Waals surface area contributed by atoms with E-state index in [-0.39, 0.29) is 18.1 Å². The Morgan fingerprint density at radius 2 is 2.14 bits per heavy atom. The number of hydrogen-bond acceptors (Lipinski definition) is 8. The van der Waals surface area contributed by atoms with Gasteiger partial charge in [0, 0.05) is 6.61 Å². The van der Waals surface area contributed by atoms with Crippen LogP contribution in [0.4, 0.5) is 11.9 Å². The zero-order chi connectivity index (χ0) is 14.2. The second-order valence-corrected chi connectivity index (χ2v) is 5.37. The van der Waals surface area contributed by atoms with Gasteiger partial charge in [-0.1, -0.05) is 0 Å². The molecular weight excluding hydrogens is 272 g/mol. The van der Waals surface area contributed by atoms with Gasteiger partial charge in [0.05, 0.1) is 12.1 Å². The van der Waals surface area contributed by atoms with Crippen LogP contribution in [0.2, 0.25) is 0 Å². The summed E-state index contributed by atoms with van der Waals surface area (Å²) in [6, 6.07) is 0.225. The van der Waals surface area contributed by atoms with Crippen molar-refractivity contribution in [3.63, 3.8) is 0 Å². The Bertz CT molecular complexity index is 626. The van der Waals surface area contributed by atoms with Gasteiger partial charge in [-0.2, -0.15) is 24.7 Å². The highest BCUT2D eigenvalue weighted by Gasteiger charge is 2.40. The molecule has 110 valence electrons. The summed E-state index contributed by atoms with van der Waals surface area (Å²) >= 11 is 0. The highest BCUT2D eigenvalue weighted by molar-refractivity contribution is 5.36. The van der Waals surface area contributed by atoms with Gasteiger partial charge in [0.1, 0.15) is 12.7 Å². The average molecular weight is 288 g/mol. The van der Waals surface area contributed by atoms with Crippen molar-refractivity contribution in [2.24, 2.45) is 5.92 Å². The SMILES string of the molecule is Nc1nc(NC2CCOC2C2CC2)nc(-n2cncn2)n1. The summed E-state index contributed by atoms with van der Waals surface area (Å²) in [5, 5.41) is 7.33. The van der Waals surface area contributed by atoms with E-state index in [0.29, 0.717) is 17.8 Å². The molecule has 1 saturated carbocycles. The fraction of sp³-hybridized carbons (Fsp3) is 0.583. The number of rotatable bonds is 4. The minimum atomic E-state index is 0.153. The van der Waals surface area contributed by atoms with Gasteiger partial charge in [-0.15, -0.1) is 0 Å². The molecule has 1 aliphatic heterocycles. The van der Waals surface area contributed by atoms with Crippen LogP contribution in [0.15, 0.2) is 12.7 Å². The third-order valence-corrected chi connectivity index (χ3v) is 3.80. The van der Waals surface area contributed by atoms with E-state index in [0.717, 1.165) is 13.0 Å². The van der Waals surface area contributed by atoms with Gasteiger partial charge in [-0.25, -0.2) is 4.98 Å². The van der Waals surface area contributed by atoms with Crippen LogP contribution in [0.3, 0.4) is 0 Å². The Morgan fingerprint density at radius 1 is 1.24 bits per heavy atom. The lowest BCUT2D eigenvalue weighted by molar-refractivity contribution is 0.0897. The van der Waals surface area contributed by atoms with Crippen molar-refractivity contribution < 1.29 is 4.74 Å². The maximum Gasteiger partial charge on any atom is 0.258 e. The summed E-state index contributed by atoms with van der Waals surface area (Å²) in [4.78, 5) is 16.4. The van der Waals surface area contributed by atoms with Crippen LogP contribution in [0.25, 0.3) is 5.95 Å². The average Bonchev–Trinajstić information content (AvgIpc) is 2.99. The van der Waals surface area contributed by atoms with Crippen LogP contribution >= 0.6 is 0 Å². The molecule has 2 aromatic heterocycles. The summed E-state index contributed by atoms with van der Waals surface area (Å²) in [6.07, 6.45) is 6.62. The van der Waals surface area contributed by atoms with E-state index in [2.05, 4.69) is 30.4 Å². The number of aromatic nitrogens is 6. The van der Waals surface area contributed by atoms with Crippen LogP contribution in [-0.4, -0.2) is 48.5 Å². The standard InChI is InChI=1S/C12H16N8O/c13-10-17-11(19-12(18-10)20-6-14-5-15-20)16-8-3-4-21-9(8)7-1-2-7/h5-9H,1-4H2,(H3,13,16,17,18,19). The fourth-order valence-corrected chi connectivity index (χ4v) is 2.68. The molecule has 3 heterocycles. The van der Waals surface area contributed by atoms with Gasteiger partial charge in [0.2, 0.25) is 11.9 Å². The largest absolute Gasteiger partial charge is 0.376 e. The topological polar surface area (TPSA) is 117 Å². The van der Waals surface area contributed by atoms with Crippen LogP contribution in [0.5, 0.6) is 0 Å². The monoisotopic (exact) mass is 288 g/mol. The molecule has 21 heavy (non-hydrogen) atoms. The van der Waals surface area contributed by atoms with Crippen LogP contribution in [0, 0.1) is 5.92 Å². The van der Waals surface area contributed by atoms with Gasteiger partial charge in [-0.3, -0.25) is 0 Å². The van der Waals surface area contributed by atoms with Crippen molar-refractivity contribution in [2.75, 3.05) is 17.7 Å². The molecule has 9 heteroatoms. The normalized spacial score (nSPS) is 25.1. The molecule has 2 aromatic rings. The van der Waals surface area contributed by atoms with E-state index in [9.17, 15) is 0 Å². The summed E-state index contributed by atoms with van der Waals surface area (Å²) in [7, 11) is 0. The van der Waals surface area contributed by atoms with Gasteiger partial charge < -0.3 is 15.8 Å². The Morgan fingerprint density at radius 3 is 2.90 bits per heavy atom. The van der Waals surface area contributed by atoms with E-state index in [4.69, 9.17) is 10.5 Å². The third kappa shape index (κ3) is 2.51. The molecule has 1 saturated heterocycles. The lowest BCUT2D eigenvalue weighted by Gasteiger charge is -2.19. The first-order valence-corrected chi connectivity index (χ1v) is 7.04. The van der Waals surface area contributed by atoms with Crippen molar-refractivity contribution >= 4 is 11.9 Å².